The summed E-state index contributed by atoms with van der Waals surface area (Å²) in [5.74, 6) is 7.83. The van der Waals surface area contributed by atoms with E-state index in [0.717, 1.165) is 35.6 Å². The van der Waals surface area contributed by atoms with E-state index in [1.54, 1.807) is 10.9 Å². The third-order valence-electron chi connectivity index (χ3n) is 3.41. The highest BCUT2D eigenvalue weighted by atomic mass is 15.4. The molecular weight excluding hydrogens is 216 g/mol. The number of nitrogens with zero attached hydrogens (tertiary/aromatic N) is 4. The van der Waals surface area contributed by atoms with E-state index >= 15 is 0 Å². The topological polar surface area (TPSA) is 87.7 Å². The van der Waals surface area contributed by atoms with Gasteiger partial charge in [0.1, 0.15) is 11.5 Å². The summed E-state index contributed by atoms with van der Waals surface area (Å²) >= 11 is 0. The minimum Gasteiger partial charge on any atom is -0.382 e. The average molecular weight is 232 g/mol. The van der Waals surface area contributed by atoms with Crippen LogP contribution in [0.5, 0.6) is 0 Å². The van der Waals surface area contributed by atoms with E-state index in [-0.39, 0.29) is 0 Å². The van der Waals surface area contributed by atoms with E-state index in [2.05, 4.69) is 10.1 Å². The average Bonchev–Trinajstić information content (AvgIpc) is 3.04. The van der Waals surface area contributed by atoms with Gasteiger partial charge in [0.15, 0.2) is 5.82 Å². The number of hydrogen-bond acceptors (Lipinski definition) is 4. The fraction of sp³-hybridized carbons (Fsp3) is 0.455. The summed E-state index contributed by atoms with van der Waals surface area (Å²) in [7, 11) is 1.90. The molecular formula is C11H16N6. The van der Waals surface area contributed by atoms with Gasteiger partial charge >= 0.3 is 0 Å². The van der Waals surface area contributed by atoms with Crippen molar-refractivity contribution in [2.45, 2.75) is 25.7 Å². The number of nitrogen functional groups attached to an aromatic ring is 2. The predicted octanol–water partition coefficient (Wildman–Crippen LogP) is 0.765. The lowest BCUT2D eigenvalue weighted by atomic mass is 10.2. The van der Waals surface area contributed by atoms with Crippen molar-refractivity contribution in [1.82, 2.24) is 19.4 Å². The Morgan fingerprint density at radius 3 is 2.65 bits per heavy atom. The molecule has 0 radical (unpaired) electrons. The molecule has 1 saturated carbocycles. The molecule has 17 heavy (non-hydrogen) atoms. The maximum absolute atomic E-state index is 6.02. The summed E-state index contributed by atoms with van der Waals surface area (Å²) in [5.41, 5.74) is 8.76. The van der Waals surface area contributed by atoms with Crippen molar-refractivity contribution in [1.29, 1.82) is 0 Å². The summed E-state index contributed by atoms with van der Waals surface area (Å²) in [6, 6.07) is 0. The van der Waals surface area contributed by atoms with Crippen LogP contribution < -0.4 is 11.6 Å². The van der Waals surface area contributed by atoms with Gasteiger partial charge in [0.2, 0.25) is 0 Å². The monoisotopic (exact) mass is 232 g/mol. The Labute approximate surface area is 99.2 Å². The van der Waals surface area contributed by atoms with Crippen LogP contribution in [0.25, 0.3) is 11.3 Å². The predicted molar refractivity (Wildman–Crippen MR) is 65.7 cm³/mol. The normalized spacial score (nSPS) is 15.4. The number of anilines is 1. The lowest BCUT2D eigenvalue weighted by Crippen LogP contribution is -2.14. The molecule has 2 aromatic rings. The summed E-state index contributed by atoms with van der Waals surface area (Å²) in [6.07, 6.45) is 4.09. The standard InChI is InChI=1S/C11H16N6/c1-6-8(5-14-16(6)2)9-10(12)17(13)11(15-9)7-3-4-7/h5,7H,3-4,12-13H2,1-2H3. The molecule has 90 valence electrons. The van der Waals surface area contributed by atoms with Gasteiger partial charge in [-0.25, -0.2) is 9.66 Å². The molecule has 2 aromatic heterocycles. The van der Waals surface area contributed by atoms with Crippen LogP contribution in [0, 0.1) is 6.92 Å². The molecule has 0 spiro atoms. The van der Waals surface area contributed by atoms with Crippen LogP contribution in [0.1, 0.15) is 30.3 Å². The molecule has 0 aromatic carbocycles. The Bertz CT molecular complexity index is 575. The zero-order valence-electron chi connectivity index (χ0n) is 10.0. The molecule has 6 heteroatoms. The number of hydrogen-bond donors (Lipinski definition) is 2. The van der Waals surface area contributed by atoms with Crippen molar-refractivity contribution >= 4 is 5.82 Å². The first-order valence-electron chi connectivity index (χ1n) is 5.71. The Kier molecular flexibility index (Phi) is 1.95. The van der Waals surface area contributed by atoms with Crippen molar-refractivity contribution < 1.29 is 0 Å². The Balaban J connectivity index is 2.14. The largest absolute Gasteiger partial charge is 0.382 e. The van der Waals surface area contributed by atoms with Crippen LogP contribution in [0.4, 0.5) is 5.82 Å². The van der Waals surface area contributed by atoms with Crippen molar-refractivity contribution in [2.24, 2.45) is 7.05 Å². The van der Waals surface area contributed by atoms with Crippen LogP contribution in [-0.4, -0.2) is 19.4 Å². The molecule has 3 rings (SSSR count). The highest BCUT2D eigenvalue weighted by Crippen LogP contribution is 2.41. The molecule has 0 saturated heterocycles. The van der Waals surface area contributed by atoms with Gasteiger partial charge in [-0.05, 0) is 19.8 Å². The lowest BCUT2D eigenvalue weighted by Gasteiger charge is -2.00. The van der Waals surface area contributed by atoms with Crippen LogP contribution in [0.2, 0.25) is 0 Å². The molecule has 4 N–H and O–H groups in total. The van der Waals surface area contributed by atoms with E-state index in [1.165, 1.54) is 4.68 Å². The number of rotatable bonds is 2. The maximum Gasteiger partial charge on any atom is 0.150 e. The van der Waals surface area contributed by atoms with E-state index in [4.69, 9.17) is 11.6 Å². The fourth-order valence-corrected chi connectivity index (χ4v) is 2.02. The molecule has 1 fully saturated rings. The van der Waals surface area contributed by atoms with Crippen LogP contribution in [0.3, 0.4) is 0 Å². The Morgan fingerprint density at radius 2 is 2.12 bits per heavy atom. The second kappa shape index (κ2) is 3.26. The highest BCUT2D eigenvalue weighted by molar-refractivity contribution is 5.72. The number of nitrogens with two attached hydrogens (primary N) is 2. The first-order chi connectivity index (χ1) is 8.09. The second-order valence-electron chi connectivity index (χ2n) is 4.62. The summed E-state index contributed by atoms with van der Waals surface area (Å²) in [4.78, 5) is 4.58. The van der Waals surface area contributed by atoms with Gasteiger partial charge in [0.25, 0.3) is 0 Å². The van der Waals surface area contributed by atoms with Crippen LogP contribution >= 0.6 is 0 Å². The first kappa shape index (κ1) is 10.2. The van der Waals surface area contributed by atoms with Gasteiger partial charge in [-0.2, -0.15) is 5.10 Å². The van der Waals surface area contributed by atoms with E-state index < -0.39 is 0 Å². The van der Waals surface area contributed by atoms with Gasteiger partial charge < -0.3 is 11.6 Å². The van der Waals surface area contributed by atoms with Gasteiger partial charge in [0, 0.05) is 24.2 Å². The fourth-order valence-electron chi connectivity index (χ4n) is 2.02. The minimum atomic E-state index is 0.480. The second-order valence-corrected chi connectivity index (χ2v) is 4.62. The van der Waals surface area contributed by atoms with Gasteiger partial charge in [0.05, 0.1) is 6.20 Å². The summed E-state index contributed by atoms with van der Waals surface area (Å²) in [6.45, 7) is 1.99. The van der Waals surface area contributed by atoms with Gasteiger partial charge in [-0.1, -0.05) is 0 Å². The molecule has 0 amide bonds. The van der Waals surface area contributed by atoms with Crippen LogP contribution in [0.15, 0.2) is 6.20 Å². The molecule has 1 aliphatic rings. The molecule has 0 atom stereocenters. The van der Waals surface area contributed by atoms with E-state index in [0.29, 0.717) is 11.7 Å². The first-order valence-corrected chi connectivity index (χ1v) is 5.71. The molecule has 0 bridgehead atoms. The third-order valence-corrected chi connectivity index (χ3v) is 3.41. The molecule has 6 nitrogen and oxygen atoms in total. The Morgan fingerprint density at radius 1 is 1.41 bits per heavy atom. The number of aromatic nitrogens is 4. The van der Waals surface area contributed by atoms with Gasteiger partial charge in [-0.15, -0.1) is 0 Å². The number of aryl methyl sites for hydroxylation is 1. The van der Waals surface area contributed by atoms with Crippen LogP contribution in [-0.2, 0) is 7.05 Å². The summed E-state index contributed by atoms with van der Waals surface area (Å²) < 4.78 is 3.32. The zero-order valence-corrected chi connectivity index (χ0v) is 10.0. The lowest BCUT2D eigenvalue weighted by molar-refractivity contribution is 0.740. The summed E-state index contributed by atoms with van der Waals surface area (Å²) in [5, 5.41) is 4.20. The molecule has 2 heterocycles. The van der Waals surface area contributed by atoms with Crippen molar-refractivity contribution in [3.63, 3.8) is 0 Å². The maximum atomic E-state index is 6.02. The van der Waals surface area contributed by atoms with Crippen molar-refractivity contribution in [3.05, 3.63) is 17.7 Å². The van der Waals surface area contributed by atoms with Gasteiger partial charge in [-0.3, -0.25) is 4.68 Å². The molecule has 1 aliphatic carbocycles. The number of imidazole rings is 1. The van der Waals surface area contributed by atoms with E-state index in [1.807, 2.05) is 14.0 Å². The molecule has 0 aliphatic heterocycles. The SMILES string of the molecule is Cc1c(-c2nc(C3CC3)n(N)c2N)cnn1C. The smallest absolute Gasteiger partial charge is 0.150 e. The van der Waals surface area contributed by atoms with Crippen molar-refractivity contribution in [3.8, 4) is 11.3 Å². The molecule has 0 unspecified atom stereocenters. The van der Waals surface area contributed by atoms with Crippen molar-refractivity contribution in [2.75, 3.05) is 11.6 Å². The Hall–Kier alpha value is -1.98. The quantitative estimate of drug-likeness (QED) is 0.748. The zero-order chi connectivity index (χ0) is 12.2. The minimum absolute atomic E-state index is 0.480. The van der Waals surface area contributed by atoms with E-state index in [9.17, 15) is 0 Å². The third kappa shape index (κ3) is 1.40. The highest BCUT2D eigenvalue weighted by Gasteiger charge is 2.31.